The van der Waals surface area contributed by atoms with Crippen LogP contribution in [0.25, 0.3) is 10.2 Å². The molecule has 1 saturated carbocycles. The first-order valence-electron chi connectivity index (χ1n) is 6.09. The highest BCUT2D eigenvalue weighted by molar-refractivity contribution is 9.11. The number of nitrogens with zero attached hydrogens (tertiary/aromatic N) is 2. The van der Waals surface area contributed by atoms with Crippen LogP contribution in [0.4, 0.5) is 0 Å². The van der Waals surface area contributed by atoms with Crippen LogP contribution in [0.5, 0.6) is 0 Å². The van der Waals surface area contributed by atoms with Gasteiger partial charge in [0.25, 0.3) is 5.56 Å². The number of nitrogens with one attached hydrogen (secondary N) is 1. The number of fused-ring (bicyclic) bond motifs is 2. The minimum absolute atomic E-state index is 0.0185. The molecule has 6 heteroatoms. The van der Waals surface area contributed by atoms with Crippen LogP contribution >= 0.6 is 27.3 Å². The summed E-state index contributed by atoms with van der Waals surface area (Å²) in [5.74, 6) is 2.62. The Labute approximate surface area is 116 Å². The van der Waals surface area contributed by atoms with Gasteiger partial charge in [-0.1, -0.05) is 0 Å². The van der Waals surface area contributed by atoms with Gasteiger partial charge in [-0.05, 0) is 40.3 Å². The Morgan fingerprint density at radius 2 is 2.28 bits per heavy atom. The van der Waals surface area contributed by atoms with Gasteiger partial charge in [0.15, 0.2) is 0 Å². The fraction of sp³-hybridized carbons (Fsp3) is 0.500. The van der Waals surface area contributed by atoms with Crippen LogP contribution in [0.2, 0.25) is 0 Å². The maximum Gasteiger partial charge on any atom is 0.268 e. The van der Waals surface area contributed by atoms with E-state index in [0.717, 1.165) is 33.5 Å². The summed E-state index contributed by atoms with van der Waals surface area (Å²) in [6.07, 6.45) is 1.40. The molecule has 0 spiro atoms. The number of H-pyrrole nitrogens is 1. The van der Waals surface area contributed by atoms with Crippen molar-refractivity contribution in [2.75, 3.05) is 13.1 Å². The quantitative estimate of drug-likeness (QED) is 0.920. The van der Waals surface area contributed by atoms with Crippen molar-refractivity contribution in [1.82, 2.24) is 14.9 Å². The molecule has 0 bridgehead atoms. The molecular weight excluding hydrogens is 314 g/mol. The molecule has 1 saturated heterocycles. The standard InChI is InChI=1S/C12H12BrN3OS/c13-9-2-8-11(18-9)12(17)15-10(14-8)5-16-3-6-1-7(6)4-16/h2,6-7H,1,3-5H2,(H,14,15,17). The molecular formula is C12H12BrN3OS. The molecule has 4 rings (SSSR count). The van der Waals surface area contributed by atoms with Crippen molar-refractivity contribution in [2.24, 2.45) is 11.8 Å². The van der Waals surface area contributed by atoms with Gasteiger partial charge < -0.3 is 4.98 Å². The molecule has 94 valence electrons. The first-order chi connectivity index (χ1) is 8.69. The highest BCUT2D eigenvalue weighted by atomic mass is 79.9. The Morgan fingerprint density at radius 1 is 1.50 bits per heavy atom. The summed E-state index contributed by atoms with van der Waals surface area (Å²) in [7, 11) is 0. The first-order valence-corrected chi connectivity index (χ1v) is 7.70. The number of halogens is 1. The van der Waals surface area contributed by atoms with Crippen molar-refractivity contribution in [3.63, 3.8) is 0 Å². The van der Waals surface area contributed by atoms with Crippen molar-refractivity contribution < 1.29 is 0 Å². The van der Waals surface area contributed by atoms with Crippen LogP contribution in [0.3, 0.4) is 0 Å². The molecule has 0 amide bonds. The monoisotopic (exact) mass is 325 g/mol. The lowest BCUT2D eigenvalue weighted by Gasteiger charge is -2.16. The minimum atomic E-state index is -0.0185. The molecule has 1 aliphatic carbocycles. The highest BCUT2D eigenvalue weighted by Crippen LogP contribution is 2.45. The molecule has 2 atom stereocenters. The lowest BCUT2D eigenvalue weighted by molar-refractivity contribution is 0.290. The molecule has 2 aromatic heterocycles. The minimum Gasteiger partial charge on any atom is -0.308 e. The van der Waals surface area contributed by atoms with E-state index in [-0.39, 0.29) is 5.56 Å². The van der Waals surface area contributed by atoms with Crippen LogP contribution in [0.1, 0.15) is 12.2 Å². The fourth-order valence-corrected chi connectivity index (χ4v) is 4.29. The predicted octanol–water partition coefficient (Wildman–Crippen LogP) is 2.20. The van der Waals surface area contributed by atoms with E-state index >= 15 is 0 Å². The molecule has 2 unspecified atom stereocenters. The van der Waals surface area contributed by atoms with Gasteiger partial charge in [-0.3, -0.25) is 9.69 Å². The molecule has 4 nitrogen and oxygen atoms in total. The maximum atomic E-state index is 11.9. The van der Waals surface area contributed by atoms with Crippen LogP contribution < -0.4 is 5.56 Å². The van der Waals surface area contributed by atoms with Crippen LogP contribution in [0, 0.1) is 11.8 Å². The predicted molar refractivity (Wildman–Crippen MR) is 74.8 cm³/mol. The second-order valence-corrected chi connectivity index (χ2v) is 7.66. The summed E-state index contributed by atoms with van der Waals surface area (Å²) in [4.78, 5) is 21.8. The number of aromatic amines is 1. The van der Waals surface area contributed by atoms with E-state index in [1.54, 1.807) is 0 Å². The molecule has 3 heterocycles. The molecule has 18 heavy (non-hydrogen) atoms. The Bertz CT molecular complexity index is 670. The summed E-state index contributed by atoms with van der Waals surface area (Å²) in [6, 6.07) is 1.92. The topological polar surface area (TPSA) is 49.0 Å². The Kier molecular flexibility index (Phi) is 2.40. The number of likely N-dealkylation sites (tertiary alicyclic amines) is 1. The summed E-state index contributed by atoms with van der Waals surface area (Å²) in [6.45, 7) is 3.10. The maximum absolute atomic E-state index is 11.9. The van der Waals surface area contributed by atoms with Crippen LogP contribution in [-0.2, 0) is 6.54 Å². The number of thiophene rings is 1. The SMILES string of the molecule is O=c1[nH]c(CN2CC3CC3C2)nc2cc(Br)sc12. The van der Waals surface area contributed by atoms with Gasteiger partial charge in [-0.15, -0.1) is 11.3 Å². The molecule has 0 aromatic carbocycles. The van der Waals surface area contributed by atoms with E-state index in [1.165, 1.54) is 30.8 Å². The van der Waals surface area contributed by atoms with E-state index in [9.17, 15) is 4.79 Å². The molecule has 1 aliphatic heterocycles. The number of rotatable bonds is 2. The largest absolute Gasteiger partial charge is 0.308 e. The van der Waals surface area contributed by atoms with E-state index < -0.39 is 0 Å². The second-order valence-electron chi connectivity index (χ2n) is 5.23. The number of hydrogen-bond acceptors (Lipinski definition) is 4. The van der Waals surface area contributed by atoms with E-state index in [2.05, 4.69) is 30.8 Å². The molecule has 2 aromatic rings. The smallest absolute Gasteiger partial charge is 0.268 e. The van der Waals surface area contributed by atoms with Crippen molar-refractivity contribution in [3.8, 4) is 0 Å². The average molecular weight is 326 g/mol. The third kappa shape index (κ3) is 1.83. The third-order valence-corrected chi connectivity index (χ3v) is 5.46. The molecule has 2 aliphatic rings. The van der Waals surface area contributed by atoms with Crippen molar-refractivity contribution in [1.29, 1.82) is 0 Å². The second kappa shape index (κ2) is 3.88. The zero-order chi connectivity index (χ0) is 12.3. The Hall–Kier alpha value is -0.720. The molecule has 0 radical (unpaired) electrons. The number of aromatic nitrogens is 2. The van der Waals surface area contributed by atoms with Crippen LogP contribution in [0.15, 0.2) is 14.6 Å². The summed E-state index contributed by atoms with van der Waals surface area (Å²) < 4.78 is 1.66. The summed E-state index contributed by atoms with van der Waals surface area (Å²) in [5.41, 5.74) is 0.782. The van der Waals surface area contributed by atoms with Gasteiger partial charge in [-0.25, -0.2) is 4.98 Å². The number of piperidine rings is 1. The normalized spacial score (nSPS) is 26.7. The first kappa shape index (κ1) is 11.1. The summed E-state index contributed by atoms with van der Waals surface area (Å²) in [5, 5.41) is 0. The van der Waals surface area contributed by atoms with Gasteiger partial charge in [0.2, 0.25) is 0 Å². The zero-order valence-corrected chi connectivity index (χ0v) is 12.1. The van der Waals surface area contributed by atoms with Gasteiger partial charge in [0.05, 0.1) is 15.8 Å². The van der Waals surface area contributed by atoms with E-state index in [1.807, 2.05) is 6.07 Å². The Morgan fingerprint density at radius 3 is 3.06 bits per heavy atom. The van der Waals surface area contributed by atoms with Gasteiger partial charge >= 0.3 is 0 Å². The fourth-order valence-electron chi connectivity index (χ4n) is 2.87. The van der Waals surface area contributed by atoms with E-state index in [0.29, 0.717) is 4.70 Å². The van der Waals surface area contributed by atoms with Crippen molar-refractivity contribution in [2.45, 2.75) is 13.0 Å². The molecule has 1 N–H and O–H groups in total. The summed E-state index contributed by atoms with van der Waals surface area (Å²) >= 11 is 4.83. The van der Waals surface area contributed by atoms with Crippen molar-refractivity contribution >= 4 is 37.5 Å². The van der Waals surface area contributed by atoms with Crippen molar-refractivity contribution in [3.05, 3.63) is 26.0 Å². The van der Waals surface area contributed by atoms with Gasteiger partial charge in [0, 0.05) is 13.1 Å². The zero-order valence-electron chi connectivity index (χ0n) is 9.65. The lowest BCUT2D eigenvalue weighted by Crippen LogP contribution is -2.25. The Balaban J connectivity index is 1.65. The number of hydrogen-bond donors (Lipinski definition) is 1. The average Bonchev–Trinajstić information content (AvgIpc) is 2.75. The van der Waals surface area contributed by atoms with Gasteiger partial charge in [0.1, 0.15) is 10.5 Å². The van der Waals surface area contributed by atoms with Crippen LogP contribution in [-0.4, -0.2) is 28.0 Å². The lowest BCUT2D eigenvalue weighted by atomic mass is 10.4. The van der Waals surface area contributed by atoms with E-state index in [4.69, 9.17) is 0 Å². The third-order valence-electron chi connectivity index (χ3n) is 3.83. The van der Waals surface area contributed by atoms with Gasteiger partial charge in [-0.2, -0.15) is 0 Å². The highest BCUT2D eigenvalue weighted by Gasteiger charge is 2.44. The molecule has 2 fully saturated rings.